The maximum Gasteiger partial charge on any atom is 0.293 e. The summed E-state index contributed by atoms with van der Waals surface area (Å²) in [5.41, 5.74) is 0.0902. The van der Waals surface area contributed by atoms with Crippen molar-refractivity contribution in [3.63, 3.8) is 0 Å². The van der Waals surface area contributed by atoms with Crippen LogP contribution in [0.25, 0.3) is 0 Å². The van der Waals surface area contributed by atoms with E-state index in [1.54, 1.807) is 35.0 Å². The van der Waals surface area contributed by atoms with Crippen molar-refractivity contribution < 1.29 is 10.0 Å². The van der Waals surface area contributed by atoms with Crippen LogP contribution < -0.4 is 4.90 Å². The second-order valence-electron chi connectivity index (χ2n) is 5.30. The molecular weight excluding hydrogens is 286 g/mol. The number of aliphatic hydroxyl groups is 1. The highest BCUT2D eigenvalue weighted by molar-refractivity contribution is 5.67. The summed E-state index contributed by atoms with van der Waals surface area (Å²) in [7, 11) is 1.74. The fourth-order valence-corrected chi connectivity index (χ4v) is 2.75. The summed E-state index contributed by atoms with van der Waals surface area (Å²) in [5.74, 6) is 0. The first-order valence-corrected chi connectivity index (χ1v) is 6.59. The van der Waals surface area contributed by atoms with Crippen LogP contribution >= 0.6 is 0 Å². The van der Waals surface area contributed by atoms with Gasteiger partial charge in [0.05, 0.1) is 35.3 Å². The Labute approximate surface area is 126 Å². The number of nitro benzene ring substituents is 1. The largest absolute Gasteiger partial charge is 0.380 e. The van der Waals surface area contributed by atoms with Crippen LogP contribution in [-0.4, -0.2) is 32.9 Å². The minimum absolute atomic E-state index is 0.133. The Morgan fingerprint density at radius 2 is 2.18 bits per heavy atom. The molecule has 2 aromatic rings. The van der Waals surface area contributed by atoms with Gasteiger partial charge in [0, 0.05) is 19.3 Å². The molecule has 1 aromatic heterocycles. The Bertz CT molecular complexity index is 786. The van der Waals surface area contributed by atoms with Crippen LogP contribution in [0.15, 0.2) is 30.5 Å². The van der Waals surface area contributed by atoms with Gasteiger partial charge in [-0.05, 0) is 18.2 Å². The zero-order valence-electron chi connectivity index (χ0n) is 11.8. The maximum atomic E-state index is 11.2. The Morgan fingerprint density at radius 1 is 1.45 bits per heavy atom. The lowest BCUT2D eigenvalue weighted by Gasteiger charge is -2.47. The Morgan fingerprint density at radius 3 is 2.73 bits per heavy atom. The summed E-state index contributed by atoms with van der Waals surface area (Å²) in [5, 5.41) is 34.6. The van der Waals surface area contributed by atoms with Gasteiger partial charge in [-0.3, -0.25) is 14.8 Å². The van der Waals surface area contributed by atoms with Crippen LogP contribution in [0.3, 0.4) is 0 Å². The van der Waals surface area contributed by atoms with Crippen molar-refractivity contribution in [2.75, 3.05) is 18.0 Å². The van der Waals surface area contributed by atoms with Gasteiger partial charge < -0.3 is 10.0 Å². The lowest BCUT2D eigenvalue weighted by atomic mass is 9.89. The van der Waals surface area contributed by atoms with E-state index in [9.17, 15) is 15.2 Å². The molecule has 0 bridgehead atoms. The monoisotopic (exact) mass is 299 g/mol. The van der Waals surface area contributed by atoms with Gasteiger partial charge in [0.1, 0.15) is 11.3 Å². The molecule has 1 aliphatic rings. The van der Waals surface area contributed by atoms with E-state index in [0.29, 0.717) is 11.4 Å². The minimum Gasteiger partial charge on any atom is -0.380 e. The third-order valence-electron chi connectivity index (χ3n) is 3.84. The smallest absolute Gasteiger partial charge is 0.293 e. The molecule has 1 aliphatic heterocycles. The summed E-state index contributed by atoms with van der Waals surface area (Å²) in [6.07, 6.45) is 1.60. The zero-order valence-corrected chi connectivity index (χ0v) is 11.8. The van der Waals surface area contributed by atoms with Crippen molar-refractivity contribution in [1.29, 1.82) is 5.26 Å². The first-order chi connectivity index (χ1) is 10.4. The molecule has 2 heterocycles. The van der Waals surface area contributed by atoms with Crippen molar-refractivity contribution in [2.45, 2.75) is 5.60 Å². The third kappa shape index (κ3) is 2.08. The van der Waals surface area contributed by atoms with Gasteiger partial charge in [-0.2, -0.15) is 10.4 Å². The van der Waals surface area contributed by atoms with Crippen LogP contribution in [-0.2, 0) is 12.6 Å². The minimum atomic E-state index is -1.08. The number of hydrogen-bond donors (Lipinski definition) is 1. The standard InChI is InChI=1S/C14H13N5O3/c1-17-13(4-5-16-17)14(20)8-18(9-14)11-3-2-10(7-15)6-12(11)19(21)22/h2-6,20H,8-9H2,1H3. The van der Waals surface area contributed by atoms with Gasteiger partial charge in [-0.25, -0.2) is 0 Å². The quantitative estimate of drug-likeness (QED) is 0.666. The third-order valence-corrected chi connectivity index (χ3v) is 3.84. The highest BCUT2D eigenvalue weighted by Gasteiger charge is 2.46. The summed E-state index contributed by atoms with van der Waals surface area (Å²) in [4.78, 5) is 12.4. The van der Waals surface area contributed by atoms with E-state index in [4.69, 9.17) is 5.26 Å². The van der Waals surface area contributed by atoms with Crippen molar-refractivity contribution in [3.8, 4) is 6.07 Å². The summed E-state index contributed by atoms with van der Waals surface area (Å²) in [6.45, 7) is 0.471. The van der Waals surface area contributed by atoms with Crippen molar-refractivity contribution in [2.24, 2.45) is 7.05 Å². The fourth-order valence-electron chi connectivity index (χ4n) is 2.75. The molecule has 0 spiro atoms. The lowest BCUT2D eigenvalue weighted by Crippen LogP contribution is -2.60. The van der Waals surface area contributed by atoms with E-state index in [1.165, 1.54) is 12.1 Å². The molecular formula is C14H13N5O3. The molecule has 0 saturated carbocycles. The molecule has 22 heavy (non-hydrogen) atoms. The highest BCUT2D eigenvalue weighted by Crippen LogP contribution is 2.39. The number of nitriles is 1. The molecule has 8 heteroatoms. The van der Waals surface area contributed by atoms with E-state index in [0.717, 1.165) is 0 Å². The van der Waals surface area contributed by atoms with Gasteiger partial charge in [0.2, 0.25) is 0 Å². The average molecular weight is 299 g/mol. The molecule has 0 amide bonds. The van der Waals surface area contributed by atoms with Crippen LogP contribution in [0.2, 0.25) is 0 Å². The van der Waals surface area contributed by atoms with Gasteiger partial charge in [0.25, 0.3) is 5.69 Å². The number of rotatable bonds is 3. The molecule has 8 nitrogen and oxygen atoms in total. The normalized spacial score (nSPS) is 16.0. The van der Waals surface area contributed by atoms with Crippen molar-refractivity contribution in [3.05, 3.63) is 51.8 Å². The predicted octanol–water partition coefficient (Wildman–Crippen LogP) is 0.908. The Balaban J connectivity index is 1.88. The van der Waals surface area contributed by atoms with Crippen molar-refractivity contribution >= 4 is 11.4 Å². The molecule has 1 fully saturated rings. The van der Waals surface area contributed by atoms with E-state index < -0.39 is 10.5 Å². The maximum absolute atomic E-state index is 11.2. The fraction of sp³-hybridized carbons (Fsp3) is 0.286. The number of β-amino-alcohol motifs (C(OH)–C–C–N with tert-alkyl or cyclic N) is 1. The molecule has 112 valence electrons. The number of aryl methyl sites for hydroxylation is 1. The summed E-state index contributed by atoms with van der Waals surface area (Å²) in [6, 6.07) is 7.93. The number of nitro groups is 1. The van der Waals surface area contributed by atoms with Gasteiger partial charge in [0.15, 0.2) is 0 Å². The van der Waals surface area contributed by atoms with E-state index in [1.807, 2.05) is 6.07 Å². The number of hydrogen-bond acceptors (Lipinski definition) is 6. The second kappa shape index (κ2) is 4.82. The SMILES string of the molecule is Cn1nccc1C1(O)CN(c2ccc(C#N)cc2[N+](=O)[O-])C1. The summed E-state index contributed by atoms with van der Waals surface area (Å²) < 4.78 is 1.59. The first kappa shape index (κ1) is 14.0. The van der Waals surface area contributed by atoms with Gasteiger partial charge in [-0.1, -0.05) is 0 Å². The number of nitrogens with zero attached hydrogens (tertiary/aromatic N) is 5. The van der Waals surface area contributed by atoms with Gasteiger partial charge in [-0.15, -0.1) is 0 Å². The topological polar surface area (TPSA) is 108 Å². The Hall–Kier alpha value is -2.92. The number of benzene rings is 1. The molecule has 0 radical (unpaired) electrons. The van der Waals surface area contributed by atoms with E-state index in [2.05, 4.69) is 5.10 Å². The molecule has 0 aliphatic carbocycles. The first-order valence-electron chi connectivity index (χ1n) is 6.59. The van der Waals surface area contributed by atoms with Crippen LogP contribution in [0.5, 0.6) is 0 Å². The molecule has 1 saturated heterocycles. The Kier molecular flexibility index (Phi) is 3.08. The number of aromatic nitrogens is 2. The van der Waals surface area contributed by atoms with Crippen LogP contribution in [0.1, 0.15) is 11.3 Å². The molecule has 3 rings (SSSR count). The van der Waals surface area contributed by atoms with E-state index in [-0.39, 0.29) is 24.3 Å². The van der Waals surface area contributed by atoms with Crippen LogP contribution in [0.4, 0.5) is 11.4 Å². The molecule has 0 unspecified atom stereocenters. The highest BCUT2D eigenvalue weighted by atomic mass is 16.6. The molecule has 1 N–H and O–H groups in total. The van der Waals surface area contributed by atoms with Crippen molar-refractivity contribution in [1.82, 2.24) is 9.78 Å². The number of anilines is 1. The predicted molar refractivity (Wildman–Crippen MR) is 77.1 cm³/mol. The summed E-state index contributed by atoms with van der Waals surface area (Å²) >= 11 is 0. The van der Waals surface area contributed by atoms with Crippen LogP contribution in [0, 0.1) is 21.4 Å². The van der Waals surface area contributed by atoms with E-state index >= 15 is 0 Å². The lowest BCUT2D eigenvalue weighted by molar-refractivity contribution is -0.384. The molecule has 1 aromatic carbocycles. The zero-order chi connectivity index (χ0) is 15.9. The second-order valence-corrected chi connectivity index (χ2v) is 5.30. The van der Waals surface area contributed by atoms with Gasteiger partial charge >= 0.3 is 0 Å². The average Bonchev–Trinajstić information content (AvgIpc) is 2.90. The molecule has 0 atom stereocenters.